The lowest BCUT2D eigenvalue weighted by atomic mass is 10.1. The SMILES string of the molecule is O=C(NCc1cccs1)C1CC1c1ccccc1. The van der Waals surface area contributed by atoms with E-state index in [1.807, 2.05) is 35.7 Å². The molecule has 0 aliphatic heterocycles. The average Bonchev–Trinajstić information content (AvgIpc) is 3.05. The van der Waals surface area contributed by atoms with Crippen LogP contribution in [0.5, 0.6) is 0 Å². The van der Waals surface area contributed by atoms with Crippen LogP contribution in [0, 0.1) is 5.92 Å². The second kappa shape index (κ2) is 4.94. The van der Waals surface area contributed by atoms with Gasteiger partial charge in [-0.1, -0.05) is 36.4 Å². The molecule has 2 atom stereocenters. The summed E-state index contributed by atoms with van der Waals surface area (Å²) in [7, 11) is 0. The van der Waals surface area contributed by atoms with E-state index < -0.39 is 0 Å². The Morgan fingerprint density at radius 2 is 2.06 bits per heavy atom. The maximum atomic E-state index is 12.0. The summed E-state index contributed by atoms with van der Waals surface area (Å²) < 4.78 is 0. The van der Waals surface area contributed by atoms with Gasteiger partial charge in [0.05, 0.1) is 6.54 Å². The third-order valence-electron chi connectivity index (χ3n) is 3.37. The van der Waals surface area contributed by atoms with E-state index in [1.165, 1.54) is 10.4 Å². The molecule has 1 saturated carbocycles. The third-order valence-corrected chi connectivity index (χ3v) is 4.25. The molecular weight excluding hydrogens is 242 g/mol. The van der Waals surface area contributed by atoms with Crippen molar-refractivity contribution in [2.75, 3.05) is 0 Å². The van der Waals surface area contributed by atoms with Crippen molar-refractivity contribution in [1.29, 1.82) is 0 Å². The highest BCUT2D eigenvalue weighted by Crippen LogP contribution is 2.47. The molecule has 92 valence electrons. The zero-order chi connectivity index (χ0) is 12.4. The summed E-state index contributed by atoms with van der Waals surface area (Å²) in [5.74, 6) is 0.791. The van der Waals surface area contributed by atoms with Crippen LogP contribution in [0.25, 0.3) is 0 Å². The van der Waals surface area contributed by atoms with Crippen LogP contribution < -0.4 is 5.32 Å². The molecule has 3 heteroatoms. The van der Waals surface area contributed by atoms with Crippen LogP contribution in [0.3, 0.4) is 0 Å². The predicted molar refractivity (Wildman–Crippen MR) is 73.5 cm³/mol. The Bertz CT molecular complexity index is 521. The molecule has 1 aromatic heterocycles. The Morgan fingerprint density at radius 1 is 1.22 bits per heavy atom. The molecular formula is C15H15NOS. The quantitative estimate of drug-likeness (QED) is 0.895. The topological polar surface area (TPSA) is 29.1 Å². The fourth-order valence-corrected chi connectivity index (χ4v) is 2.92. The molecule has 1 amide bonds. The summed E-state index contributed by atoms with van der Waals surface area (Å²) >= 11 is 1.68. The predicted octanol–water partition coefficient (Wildman–Crippen LogP) is 3.17. The lowest BCUT2D eigenvalue weighted by Crippen LogP contribution is -2.24. The number of hydrogen-bond donors (Lipinski definition) is 1. The molecule has 2 aromatic rings. The Hall–Kier alpha value is -1.61. The molecule has 1 fully saturated rings. The Kier molecular flexibility index (Phi) is 3.15. The minimum Gasteiger partial charge on any atom is -0.351 e. The second-order valence-electron chi connectivity index (χ2n) is 4.66. The fourth-order valence-electron chi connectivity index (χ4n) is 2.27. The molecule has 0 saturated heterocycles. The van der Waals surface area contributed by atoms with Crippen molar-refractivity contribution in [1.82, 2.24) is 5.32 Å². The van der Waals surface area contributed by atoms with Crippen molar-refractivity contribution < 1.29 is 4.79 Å². The zero-order valence-corrected chi connectivity index (χ0v) is 10.8. The summed E-state index contributed by atoms with van der Waals surface area (Å²) in [6.07, 6.45) is 0.986. The van der Waals surface area contributed by atoms with Crippen molar-refractivity contribution in [2.45, 2.75) is 18.9 Å². The summed E-state index contributed by atoms with van der Waals surface area (Å²) in [5, 5.41) is 5.05. The van der Waals surface area contributed by atoms with Gasteiger partial charge in [-0.25, -0.2) is 0 Å². The number of rotatable bonds is 4. The first-order valence-corrected chi connectivity index (χ1v) is 7.07. The molecule has 1 aromatic carbocycles. The van der Waals surface area contributed by atoms with Crippen LogP contribution in [-0.4, -0.2) is 5.91 Å². The molecule has 1 aliphatic carbocycles. The summed E-state index contributed by atoms with van der Waals surface area (Å²) in [6.45, 7) is 0.661. The molecule has 3 rings (SSSR count). The van der Waals surface area contributed by atoms with Gasteiger partial charge in [0.1, 0.15) is 0 Å². The monoisotopic (exact) mass is 257 g/mol. The van der Waals surface area contributed by atoms with E-state index in [1.54, 1.807) is 11.3 Å². The summed E-state index contributed by atoms with van der Waals surface area (Å²) in [6, 6.07) is 14.4. The highest BCUT2D eigenvalue weighted by Gasteiger charge is 2.43. The molecule has 2 unspecified atom stereocenters. The number of thiophene rings is 1. The molecule has 0 bridgehead atoms. The van der Waals surface area contributed by atoms with Gasteiger partial charge in [0.2, 0.25) is 5.91 Å². The van der Waals surface area contributed by atoms with Crippen molar-refractivity contribution in [3.05, 3.63) is 58.3 Å². The Balaban J connectivity index is 1.53. The number of carbonyl (C=O) groups is 1. The molecule has 18 heavy (non-hydrogen) atoms. The number of nitrogens with one attached hydrogen (secondary N) is 1. The van der Waals surface area contributed by atoms with E-state index in [4.69, 9.17) is 0 Å². The standard InChI is InChI=1S/C15H15NOS/c17-15(16-10-12-7-4-8-18-12)14-9-13(14)11-5-2-1-3-6-11/h1-8,13-14H,9-10H2,(H,16,17). The molecule has 1 heterocycles. The maximum absolute atomic E-state index is 12.0. The van der Waals surface area contributed by atoms with Crippen LogP contribution in [0.2, 0.25) is 0 Å². The first-order valence-electron chi connectivity index (χ1n) is 6.19. The molecule has 0 radical (unpaired) electrons. The highest BCUT2D eigenvalue weighted by atomic mass is 32.1. The lowest BCUT2D eigenvalue weighted by molar-refractivity contribution is -0.122. The van der Waals surface area contributed by atoms with Gasteiger partial charge >= 0.3 is 0 Å². The van der Waals surface area contributed by atoms with Gasteiger partial charge in [0.25, 0.3) is 0 Å². The van der Waals surface area contributed by atoms with Gasteiger partial charge in [-0.2, -0.15) is 0 Å². The fraction of sp³-hybridized carbons (Fsp3) is 0.267. The largest absolute Gasteiger partial charge is 0.351 e. The van der Waals surface area contributed by atoms with E-state index in [2.05, 4.69) is 17.4 Å². The van der Waals surface area contributed by atoms with Crippen LogP contribution >= 0.6 is 11.3 Å². The summed E-state index contributed by atoms with van der Waals surface area (Å²) in [5.41, 5.74) is 1.29. The van der Waals surface area contributed by atoms with Gasteiger partial charge in [-0.05, 0) is 29.3 Å². The van der Waals surface area contributed by atoms with Crippen LogP contribution in [0.1, 0.15) is 22.8 Å². The van der Waals surface area contributed by atoms with Crippen LogP contribution in [0.4, 0.5) is 0 Å². The first kappa shape index (κ1) is 11.5. The molecule has 2 nitrogen and oxygen atoms in total. The minimum atomic E-state index is 0.173. The Morgan fingerprint density at radius 3 is 2.78 bits per heavy atom. The van der Waals surface area contributed by atoms with Crippen LogP contribution in [-0.2, 0) is 11.3 Å². The number of carbonyl (C=O) groups excluding carboxylic acids is 1. The third kappa shape index (κ3) is 2.46. The first-order chi connectivity index (χ1) is 8.84. The molecule has 1 N–H and O–H groups in total. The van der Waals surface area contributed by atoms with E-state index in [-0.39, 0.29) is 11.8 Å². The second-order valence-corrected chi connectivity index (χ2v) is 5.69. The van der Waals surface area contributed by atoms with Crippen molar-refractivity contribution in [2.24, 2.45) is 5.92 Å². The maximum Gasteiger partial charge on any atom is 0.224 e. The summed E-state index contributed by atoms with van der Waals surface area (Å²) in [4.78, 5) is 13.2. The highest BCUT2D eigenvalue weighted by molar-refractivity contribution is 7.09. The van der Waals surface area contributed by atoms with Gasteiger partial charge in [0, 0.05) is 10.8 Å². The number of benzene rings is 1. The molecule has 1 aliphatic rings. The van der Waals surface area contributed by atoms with Gasteiger partial charge in [-0.15, -0.1) is 11.3 Å². The van der Waals surface area contributed by atoms with E-state index >= 15 is 0 Å². The van der Waals surface area contributed by atoms with E-state index in [0.717, 1.165) is 6.42 Å². The van der Waals surface area contributed by atoms with E-state index in [0.29, 0.717) is 12.5 Å². The van der Waals surface area contributed by atoms with Gasteiger partial charge in [-0.3, -0.25) is 4.79 Å². The van der Waals surface area contributed by atoms with Crippen molar-refractivity contribution in [3.63, 3.8) is 0 Å². The van der Waals surface area contributed by atoms with Gasteiger partial charge < -0.3 is 5.32 Å². The van der Waals surface area contributed by atoms with Crippen LogP contribution in [0.15, 0.2) is 47.8 Å². The normalized spacial score (nSPS) is 21.6. The lowest BCUT2D eigenvalue weighted by Gasteiger charge is -2.03. The Labute approximate surface area is 111 Å². The molecule has 0 spiro atoms. The van der Waals surface area contributed by atoms with Crippen molar-refractivity contribution >= 4 is 17.2 Å². The minimum absolute atomic E-state index is 0.173. The smallest absolute Gasteiger partial charge is 0.224 e. The van der Waals surface area contributed by atoms with Crippen molar-refractivity contribution in [3.8, 4) is 0 Å². The van der Waals surface area contributed by atoms with E-state index in [9.17, 15) is 4.79 Å². The average molecular weight is 257 g/mol. The zero-order valence-electron chi connectivity index (χ0n) is 10.0. The number of amides is 1. The van der Waals surface area contributed by atoms with Gasteiger partial charge in [0.15, 0.2) is 0 Å². The number of hydrogen-bond acceptors (Lipinski definition) is 2.